The highest BCUT2D eigenvalue weighted by Crippen LogP contribution is 2.58. The van der Waals surface area contributed by atoms with Crippen LogP contribution in [-0.4, -0.2) is 0 Å². The number of benzene rings is 4. The van der Waals surface area contributed by atoms with Gasteiger partial charge in [-0.25, -0.2) is 0 Å². The van der Waals surface area contributed by atoms with E-state index in [0.717, 1.165) is 30.7 Å². The van der Waals surface area contributed by atoms with Gasteiger partial charge in [0.2, 0.25) is 0 Å². The lowest BCUT2D eigenvalue weighted by atomic mass is 10.1. The van der Waals surface area contributed by atoms with Crippen LogP contribution in [0.5, 0.6) is 0 Å². The van der Waals surface area contributed by atoms with E-state index in [1.54, 1.807) is 0 Å². The third kappa shape index (κ3) is 5.01. The molecule has 4 aromatic rings. The molecule has 4 aromatic carbocycles. The summed E-state index contributed by atoms with van der Waals surface area (Å²) in [4.78, 5) is 0. The average molecular weight is 552 g/mol. The smallest absolute Gasteiger partial charge is 0.153 e. The van der Waals surface area contributed by atoms with Gasteiger partial charge in [0.05, 0.1) is 5.66 Å². The Morgan fingerprint density at radius 2 is 1.06 bits per heavy atom. The first kappa shape index (κ1) is 22.0. The summed E-state index contributed by atoms with van der Waals surface area (Å²) in [6, 6.07) is 35.9. The molecule has 0 aliphatic heterocycles. The van der Waals surface area contributed by atoms with E-state index >= 15 is 4.57 Å². The largest absolute Gasteiger partial charge is 0.313 e. The third-order valence-corrected chi connectivity index (χ3v) is 9.67. The molecule has 1 unspecified atom stereocenters. The van der Waals surface area contributed by atoms with Crippen molar-refractivity contribution in [2.75, 3.05) is 0 Å². The molecule has 0 aliphatic rings. The van der Waals surface area contributed by atoms with E-state index in [1.165, 1.54) is 0 Å². The molecule has 0 spiro atoms. The molecule has 1 nitrogen and oxygen atoms in total. The normalized spacial score (nSPS) is 12.7. The summed E-state index contributed by atoms with van der Waals surface area (Å²) in [5, 5.41) is 1.71. The Labute approximate surface area is 200 Å². The molecule has 0 aliphatic carbocycles. The summed E-state index contributed by atoms with van der Waals surface area (Å²) in [7, 11) is -3.03. The first-order chi connectivity index (χ1) is 15.1. The fourth-order valence-electron chi connectivity index (χ4n) is 3.65. The molecule has 0 saturated heterocycles. The summed E-state index contributed by atoms with van der Waals surface area (Å²) < 4.78 is 17.0. The average Bonchev–Trinajstić information content (AvgIpc) is 2.82. The van der Waals surface area contributed by atoms with Crippen molar-refractivity contribution in [1.29, 1.82) is 0 Å². The predicted molar refractivity (Wildman–Crippen MR) is 140 cm³/mol. The molecule has 0 radical (unpaired) electrons. The van der Waals surface area contributed by atoms with Crippen molar-refractivity contribution in [3.63, 3.8) is 0 Å². The minimum Gasteiger partial charge on any atom is -0.313 e. The Balaban J connectivity index is 1.91. The molecule has 0 saturated carbocycles. The van der Waals surface area contributed by atoms with Crippen LogP contribution in [0.3, 0.4) is 0 Å². The summed E-state index contributed by atoms with van der Waals surface area (Å²) in [6.07, 6.45) is 4.16. The van der Waals surface area contributed by atoms with Gasteiger partial charge in [-0.2, -0.15) is 0 Å². The van der Waals surface area contributed by atoms with Gasteiger partial charge >= 0.3 is 0 Å². The second kappa shape index (κ2) is 9.96. The van der Waals surface area contributed by atoms with Crippen molar-refractivity contribution < 1.29 is 4.57 Å². The molecule has 31 heavy (non-hydrogen) atoms. The number of hydrogen-bond donors (Lipinski definition) is 0. The molecule has 154 valence electrons. The van der Waals surface area contributed by atoms with Crippen molar-refractivity contribution >= 4 is 55.7 Å². The minimum absolute atomic E-state index is 0.297. The van der Waals surface area contributed by atoms with Gasteiger partial charge in [0, 0.05) is 19.6 Å². The van der Waals surface area contributed by atoms with Crippen molar-refractivity contribution in [3.05, 3.63) is 135 Å². The lowest BCUT2D eigenvalue weighted by Crippen LogP contribution is -2.20. The SMILES string of the molecule is O=P(c1ccccc1)(c1ccccc1)C(C=Cc1ccc(Br)cc1)c1ccc(Br)cc1. The van der Waals surface area contributed by atoms with Crippen LogP contribution in [0.1, 0.15) is 16.8 Å². The molecule has 0 fully saturated rings. The molecular weight excluding hydrogens is 531 g/mol. The van der Waals surface area contributed by atoms with E-state index < -0.39 is 7.14 Å². The zero-order valence-electron chi connectivity index (χ0n) is 16.7. The highest BCUT2D eigenvalue weighted by atomic mass is 79.9. The predicted octanol–water partition coefficient (Wildman–Crippen LogP) is 7.98. The third-order valence-electron chi connectivity index (χ3n) is 5.22. The van der Waals surface area contributed by atoms with Gasteiger partial charge in [-0.3, -0.25) is 0 Å². The molecular formula is C27H21Br2OP. The second-order valence-electron chi connectivity index (χ2n) is 7.24. The zero-order valence-corrected chi connectivity index (χ0v) is 20.8. The molecule has 4 rings (SSSR count). The highest BCUT2D eigenvalue weighted by Gasteiger charge is 2.36. The van der Waals surface area contributed by atoms with Gasteiger partial charge in [-0.15, -0.1) is 0 Å². The van der Waals surface area contributed by atoms with Crippen LogP contribution in [-0.2, 0) is 4.57 Å². The highest BCUT2D eigenvalue weighted by molar-refractivity contribution is 9.10. The van der Waals surface area contributed by atoms with E-state index in [0.29, 0.717) is 0 Å². The molecule has 0 aromatic heterocycles. The van der Waals surface area contributed by atoms with Gasteiger partial charge in [0.1, 0.15) is 0 Å². The van der Waals surface area contributed by atoms with Gasteiger partial charge in [0.15, 0.2) is 7.14 Å². The molecule has 0 amide bonds. The van der Waals surface area contributed by atoms with Crippen LogP contribution < -0.4 is 10.6 Å². The van der Waals surface area contributed by atoms with Crippen LogP contribution in [0.4, 0.5) is 0 Å². The maximum Gasteiger partial charge on any atom is 0.153 e. The van der Waals surface area contributed by atoms with Gasteiger partial charge in [-0.05, 0) is 35.4 Å². The van der Waals surface area contributed by atoms with E-state index in [2.05, 4.69) is 68.3 Å². The maximum atomic E-state index is 15.0. The first-order valence-corrected chi connectivity index (χ1v) is 13.3. The lowest BCUT2D eigenvalue weighted by Gasteiger charge is -2.27. The summed E-state index contributed by atoms with van der Waals surface area (Å²) >= 11 is 7.01. The fraction of sp³-hybridized carbons (Fsp3) is 0.0370. The van der Waals surface area contributed by atoms with Crippen molar-refractivity contribution in [3.8, 4) is 0 Å². The van der Waals surface area contributed by atoms with Crippen molar-refractivity contribution in [2.45, 2.75) is 5.66 Å². The Kier molecular flexibility index (Phi) is 7.07. The topological polar surface area (TPSA) is 17.1 Å². The Bertz CT molecular complexity index is 1160. The first-order valence-electron chi connectivity index (χ1n) is 9.97. The van der Waals surface area contributed by atoms with E-state index in [9.17, 15) is 0 Å². The van der Waals surface area contributed by atoms with Gasteiger partial charge in [-0.1, -0.05) is 129 Å². The van der Waals surface area contributed by atoms with E-state index in [4.69, 9.17) is 0 Å². The number of halogens is 2. The number of rotatable bonds is 6. The van der Waals surface area contributed by atoms with Crippen molar-refractivity contribution in [2.24, 2.45) is 0 Å². The van der Waals surface area contributed by atoms with Gasteiger partial charge in [0.25, 0.3) is 0 Å². The monoisotopic (exact) mass is 550 g/mol. The molecule has 4 heteroatoms. The summed E-state index contributed by atoms with van der Waals surface area (Å²) in [5.41, 5.74) is 1.79. The minimum atomic E-state index is -3.03. The summed E-state index contributed by atoms with van der Waals surface area (Å²) in [6.45, 7) is 0. The van der Waals surface area contributed by atoms with Crippen LogP contribution in [0.2, 0.25) is 0 Å². The second-order valence-corrected chi connectivity index (χ2v) is 12.0. The molecule has 0 N–H and O–H groups in total. The van der Waals surface area contributed by atoms with Crippen LogP contribution in [0, 0.1) is 0 Å². The van der Waals surface area contributed by atoms with Crippen LogP contribution in [0.25, 0.3) is 6.08 Å². The van der Waals surface area contributed by atoms with Crippen molar-refractivity contribution in [1.82, 2.24) is 0 Å². The maximum absolute atomic E-state index is 15.0. The molecule has 0 heterocycles. The van der Waals surface area contributed by atoms with Crippen LogP contribution >= 0.6 is 39.0 Å². The number of allylic oxidation sites excluding steroid dienone is 1. The Morgan fingerprint density at radius 3 is 1.55 bits per heavy atom. The van der Waals surface area contributed by atoms with Gasteiger partial charge < -0.3 is 4.57 Å². The standard InChI is InChI=1S/C27H21Br2OP/c28-23-16-11-21(12-17-23)13-20-27(22-14-18-24(29)19-15-22)31(30,25-7-3-1-4-8-25)26-9-5-2-6-10-26/h1-20,27H. The summed E-state index contributed by atoms with van der Waals surface area (Å²) in [5.74, 6) is 0. The van der Waals surface area contributed by atoms with E-state index in [-0.39, 0.29) is 5.66 Å². The fourth-order valence-corrected chi connectivity index (χ4v) is 7.27. The number of hydrogen-bond acceptors (Lipinski definition) is 1. The molecule has 1 atom stereocenters. The zero-order chi connectivity index (χ0) is 21.7. The Hall–Kier alpha value is -2.19. The lowest BCUT2D eigenvalue weighted by molar-refractivity contribution is 0.583. The van der Waals surface area contributed by atoms with Crippen LogP contribution in [0.15, 0.2) is 124 Å². The van der Waals surface area contributed by atoms with E-state index in [1.807, 2.05) is 84.9 Å². The quantitative estimate of drug-likeness (QED) is 0.222. The molecule has 0 bridgehead atoms. The Morgan fingerprint density at radius 1 is 0.613 bits per heavy atom.